The Morgan fingerprint density at radius 1 is 1.45 bits per heavy atom. The molecule has 6 heteroatoms. The maximum atomic E-state index is 12.0. The van der Waals surface area contributed by atoms with E-state index in [1.807, 2.05) is 26.8 Å². The maximum absolute atomic E-state index is 12.0. The number of hydrogen-bond donors (Lipinski definition) is 1. The molecule has 2 heterocycles. The standard InChI is InChI=1S/C14H24N4O2/c1-11-8-13(3)18(16-11)10-14(19)15-12(2)9-17-4-6-20-7-5-17/h8,12H,4-7,9-10H2,1-3H3,(H,15,19)/t12-/m0/s1. The van der Waals surface area contributed by atoms with E-state index in [-0.39, 0.29) is 18.5 Å². The third kappa shape index (κ3) is 4.31. The molecule has 1 N–H and O–H groups in total. The Morgan fingerprint density at radius 2 is 2.15 bits per heavy atom. The fourth-order valence-corrected chi connectivity index (χ4v) is 2.51. The summed E-state index contributed by atoms with van der Waals surface area (Å²) in [7, 11) is 0. The van der Waals surface area contributed by atoms with E-state index in [9.17, 15) is 4.79 Å². The first kappa shape index (κ1) is 15.0. The van der Waals surface area contributed by atoms with E-state index in [0.29, 0.717) is 0 Å². The van der Waals surface area contributed by atoms with Gasteiger partial charge in [0.2, 0.25) is 5.91 Å². The number of rotatable bonds is 5. The van der Waals surface area contributed by atoms with Gasteiger partial charge in [-0.3, -0.25) is 14.4 Å². The molecule has 0 aromatic carbocycles. The first-order valence-electron chi connectivity index (χ1n) is 7.15. The second-order valence-corrected chi connectivity index (χ2v) is 5.47. The van der Waals surface area contributed by atoms with Crippen molar-refractivity contribution in [3.05, 3.63) is 17.5 Å². The first-order valence-corrected chi connectivity index (χ1v) is 7.15. The molecule has 6 nitrogen and oxygen atoms in total. The Labute approximate surface area is 120 Å². The average molecular weight is 280 g/mol. The lowest BCUT2D eigenvalue weighted by Gasteiger charge is -2.29. The molecule has 0 spiro atoms. The minimum Gasteiger partial charge on any atom is -0.379 e. The van der Waals surface area contributed by atoms with Crippen molar-refractivity contribution in [2.24, 2.45) is 0 Å². The number of hydrogen-bond acceptors (Lipinski definition) is 4. The highest BCUT2D eigenvalue weighted by atomic mass is 16.5. The molecule has 0 saturated carbocycles. The topological polar surface area (TPSA) is 59.4 Å². The van der Waals surface area contributed by atoms with Gasteiger partial charge in [0, 0.05) is 31.4 Å². The Hall–Kier alpha value is -1.40. The molecular weight excluding hydrogens is 256 g/mol. The highest BCUT2D eigenvalue weighted by Gasteiger charge is 2.15. The van der Waals surface area contributed by atoms with E-state index in [1.54, 1.807) is 4.68 Å². The molecule has 0 radical (unpaired) electrons. The van der Waals surface area contributed by atoms with Crippen LogP contribution in [0.4, 0.5) is 0 Å². The molecule has 1 aromatic rings. The molecule has 1 fully saturated rings. The second kappa shape index (κ2) is 6.85. The summed E-state index contributed by atoms with van der Waals surface area (Å²) < 4.78 is 7.06. The Bertz CT molecular complexity index is 452. The van der Waals surface area contributed by atoms with Crippen LogP contribution in [0, 0.1) is 13.8 Å². The van der Waals surface area contributed by atoms with Crippen LogP contribution in [0.25, 0.3) is 0 Å². The number of nitrogens with zero attached hydrogens (tertiary/aromatic N) is 3. The van der Waals surface area contributed by atoms with Gasteiger partial charge in [0.25, 0.3) is 0 Å². The SMILES string of the molecule is Cc1cc(C)n(CC(=O)N[C@@H](C)CN2CCOCC2)n1. The lowest BCUT2D eigenvalue weighted by Crippen LogP contribution is -2.46. The summed E-state index contributed by atoms with van der Waals surface area (Å²) in [5, 5.41) is 7.33. The molecule has 0 bridgehead atoms. The van der Waals surface area contributed by atoms with E-state index < -0.39 is 0 Å². The molecule has 1 aliphatic heterocycles. The van der Waals surface area contributed by atoms with Gasteiger partial charge in [0.05, 0.1) is 18.9 Å². The van der Waals surface area contributed by atoms with Gasteiger partial charge >= 0.3 is 0 Å². The Morgan fingerprint density at radius 3 is 2.75 bits per heavy atom. The normalized spacial score (nSPS) is 17.9. The van der Waals surface area contributed by atoms with Crippen molar-refractivity contribution in [2.75, 3.05) is 32.8 Å². The monoisotopic (exact) mass is 280 g/mol. The van der Waals surface area contributed by atoms with Crippen molar-refractivity contribution < 1.29 is 9.53 Å². The zero-order chi connectivity index (χ0) is 14.5. The molecule has 0 aliphatic carbocycles. The molecule has 1 amide bonds. The second-order valence-electron chi connectivity index (χ2n) is 5.47. The predicted molar refractivity (Wildman–Crippen MR) is 76.6 cm³/mol. The van der Waals surface area contributed by atoms with Crippen molar-refractivity contribution in [1.29, 1.82) is 0 Å². The molecule has 20 heavy (non-hydrogen) atoms. The maximum Gasteiger partial charge on any atom is 0.241 e. The minimum absolute atomic E-state index is 0.0111. The third-order valence-corrected chi connectivity index (χ3v) is 3.44. The number of carbonyl (C=O) groups excluding carboxylic acids is 1. The number of nitrogens with one attached hydrogen (secondary N) is 1. The molecule has 112 valence electrons. The van der Waals surface area contributed by atoms with Crippen molar-refractivity contribution >= 4 is 5.91 Å². The highest BCUT2D eigenvalue weighted by Crippen LogP contribution is 2.02. The number of aryl methyl sites for hydroxylation is 2. The van der Waals surface area contributed by atoms with Gasteiger partial charge in [-0.1, -0.05) is 0 Å². The summed E-state index contributed by atoms with van der Waals surface area (Å²) in [6.45, 7) is 10.5. The van der Waals surface area contributed by atoms with Crippen LogP contribution < -0.4 is 5.32 Å². The molecule has 1 aromatic heterocycles. The molecule has 1 aliphatic rings. The van der Waals surface area contributed by atoms with Crippen molar-refractivity contribution in [1.82, 2.24) is 20.0 Å². The van der Waals surface area contributed by atoms with E-state index in [0.717, 1.165) is 44.2 Å². The van der Waals surface area contributed by atoms with Crippen LogP contribution >= 0.6 is 0 Å². The summed E-state index contributed by atoms with van der Waals surface area (Å²) in [5.41, 5.74) is 1.95. The van der Waals surface area contributed by atoms with Crippen LogP contribution in [-0.4, -0.2) is 59.5 Å². The Balaban J connectivity index is 1.77. The smallest absolute Gasteiger partial charge is 0.241 e. The fourth-order valence-electron chi connectivity index (χ4n) is 2.51. The van der Waals surface area contributed by atoms with Crippen molar-refractivity contribution in [2.45, 2.75) is 33.4 Å². The van der Waals surface area contributed by atoms with Gasteiger partial charge in [-0.25, -0.2) is 0 Å². The van der Waals surface area contributed by atoms with Gasteiger partial charge in [0.15, 0.2) is 0 Å². The number of ether oxygens (including phenoxy) is 1. The van der Waals surface area contributed by atoms with E-state index in [1.165, 1.54) is 0 Å². The lowest BCUT2D eigenvalue weighted by molar-refractivity contribution is -0.122. The molecule has 1 saturated heterocycles. The zero-order valence-electron chi connectivity index (χ0n) is 12.6. The zero-order valence-corrected chi connectivity index (χ0v) is 12.6. The Kier molecular flexibility index (Phi) is 5.14. The number of aromatic nitrogens is 2. The van der Waals surface area contributed by atoms with Crippen LogP contribution in [0.2, 0.25) is 0 Å². The van der Waals surface area contributed by atoms with Crippen LogP contribution in [0.5, 0.6) is 0 Å². The predicted octanol–water partition coefficient (Wildman–Crippen LogP) is 0.337. The van der Waals surface area contributed by atoms with Gasteiger partial charge in [-0.2, -0.15) is 5.10 Å². The van der Waals surface area contributed by atoms with Crippen LogP contribution in [-0.2, 0) is 16.1 Å². The largest absolute Gasteiger partial charge is 0.379 e. The summed E-state index contributed by atoms with van der Waals surface area (Å²) in [6.07, 6.45) is 0. The third-order valence-electron chi connectivity index (χ3n) is 3.44. The fraction of sp³-hybridized carbons (Fsp3) is 0.714. The quantitative estimate of drug-likeness (QED) is 0.845. The van der Waals surface area contributed by atoms with Crippen LogP contribution in [0.15, 0.2) is 6.07 Å². The molecule has 2 rings (SSSR count). The summed E-state index contributed by atoms with van der Waals surface area (Å²) in [5.74, 6) is 0.0111. The lowest BCUT2D eigenvalue weighted by atomic mass is 10.3. The first-order chi connectivity index (χ1) is 9.54. The number of amides is 1. The van der Waals surface area contributed by atoms with E-state index in [4.69, 9.17) is 4.74 Å². The van der Waals surface area contributed by atoms with Crippen LogP contribution in [0.3, 0.4) is 0 Å². The summed E-state index contributed by atoms with van der Waals surface area (Å²) in [6, 6.07) is 2.11. The van der Waals surface area contributed by atoms with E-state index >= 15 is 0 Å². The summed E-state index contributed by atoms with van der Waals surface area (Å²) >= 11 is 0. The number of morpholine rings is 1. The minimum atomic E-state index is 0.0111. The highest BCUT2D eigenvalue weighted by molar-refractivity contribution is 5.76. The van der Waals surface area contributed by atoms with E-state index in [2.05, 4.69) is 15.3 Å². The van der Waals surface area contributed by atoms with Gasteiger partial charge < -0.3 is 10.1 Å². The molecular formula is C14H24N4O2. The van der Waals surface area contributed by atoms with Crippen molar-refractivity contribution in [3.63, 3.8) is 0 Å². The van der Waals surface area contributed by atoms with Crippen molar-refractivity contribution in [3.8, 4) is 0 Å². The van der Waals surface area contributed by atoms with Gasteiger partial charge in [-0.15, -0.1) is 0 Å². The van der Waals surface area contributed by atoms with Gasteiger partial charge in [0.1, 0.15) is 6.54 Å². The average Bonchev–Trinajstić information content (AvgIpc) is 2.68. The van der Waals surface area contributed by atoms with Crippen LogP contribution in [0.1, 0.15) is 18.3 Å². The van der Waals surface area contributed by atoms with Gasteiger partial charge in [-0.05, 0) is 26.8 Å². The summed E-state index contributed by atoms with van der Waals surface area (Å²) in [4.78, 5) is 14.3. The molecule has 1 atom stereocenters. The number of carbonyl (C=O) groups is 1. The molecule has 0 unspecified atom stereocenters.